The Labute approximate surface area is 94.3 Å². The zero-order valence-electron chi connectivity index (χ0n) is 9.37. The quantitative estimate of drug-likeness (QED) is 0.758. The molecule has 5 heteroatoms. The van der Waals surface area contributed by atoms with Crippen LogP contribution in [0.15, 0.2) is 40.7 Å². The third-order valence-corrected chi connectivity index (χ3v) is 2.65. The van der Waals surface area contributed by atoms with E-state index in [4.69, 9.17) is 0 Å². The van der Waals surface area contributed by atoms with Gasteiger partial charge in [-0.25, -0.2) is 5.01 Å². The van der Waals surface area contributed by atoms with Crippen molar-refractivity contribution in [1.29, 1.82) is 0 Å². The third kappa shape index (κ3) is 1.88. The highest BCUT2D eigenvalue weighted by Crippen LogP contribution is 2.22. The van der Waals surface area contributed by atoms with Gasteiger partial charge < -0.3 is 4.90 Å². The van der Waals surface area contributed by atoms with Gasteiger partial charge in [0.1, 0.15) is 12.7 Å². The first-order valence-corrected chi connectivity index (χ1v) is 5.15. The molecule has 1 atom stereocenters. The minimum atomic E-state index is -0.111. The number of nitrogens with zero attached hydrogens (tertiary/aromatic N) is 4. The second-order valence-corrected chi connectivity index (χ2v) is 3.70. The van der Waals surface area contributed by atoms with Crippen LogP contribution in [-0.4, -0.2) is 30.6 Å². The number of anilines is 1. The molecule has 0 aliphatic carbocycles. The normalized spacial score (nSPS) is 18.9. The molecule has 1 aromatic rings. The average molecular weight is 218 g/mol. The molecule has 0 radical (unpaired) electrons. The van der Waals surface area contributed by atoms with Gasteiger partial charge in [-0.15, -0.1) is 0 Å². The molecule has 1 aliphatic heterocycles. The lowest BCUT2D eigenvalue weighted by Gasteiger charge is -2.29. The van der Waals surface area contributed by atoms with Gasteiger partial charge in [-0.05, 0) is 12.1 Å². The summed E-state index contributed by atoms with van der Waals surface area (Å²) in [5.41, 5.74) is 0.946. The molecule has 0 fully saturated rings. The van der Waals surface area contributed by atoms with Gasteiger partial charge >= 0.3 is 0 Å². The number of amides is 1. The highest BCUT2D eigenvalue weighted by molar-refractivity contribution is 5.73. The lowest BCUT2D eigenvalue weighted by atomic mass is 10.3. The summed E-state index contributed by atoms with van der Waals surface area (Å²) >= 11 is 0. The van der Waals surface area contributed by atoms with E-state index in [-0.39, 0.29) is 12.1 Å². The van der Waals surface area contributed by atoms with Crippen molar-refractivity contribution in [2.75, 3.05) is 18.6 Å². The van der Waals surface area contributed by atoms with E-state index >= 15 is 0 Å². The van der Waals surface area contributed by atoms with E-state index in [2.05, 4.69) is 10.3 Å². The summed E-state index contributed by atoms with van der Waals surface area (Å²) in [6, 6.07) is 9.72. The number of carbonyl (C=O) groups is 1. The predicted octanol–water partition coefficient (Wildman–Crippen LogP) is 1.68. The molecule has 84 valence electrons. The van der Waals surface area contributed by atoms with E-state index in [9.17, 15) is 4.79 Å². The van der Waals surface area contributed by atoms with Gasteiger partial charge in [0.2, 0.25) is 5.91 Å². The van der Waals surface area contributed by atoms with Gasteiger partial charge in [-0.1, -0.05) is 23.4 Å². The van der Waals surface area contributed by atoms with Crippen LogP contribution in [0, 0.1) is 0 Å². The Balaban J connectivity index is 2.21. The summed E-state index contributed by atoms with van der Waals surface area (Å²) in [4.78, 5) is 13.0. The first-order valence-electron chi connectivity index (χ1n) is 5.15. The van der Waals surface area contributed by atoms with Crippen molar-refractivity contribution in [2.45, 2.75) is 13.1 Å². The zero-order chi connectivity index (χ0) is 11.5. The number of rotatable bonds is 2. The number of hydrogen-bond acceptors (Lipinski definition) is 4. The van der Waals surface area contributed by atoms with Crippen molar-refractivity contribution in [3.05, 3.63) is 30.3 Å². The molecule has 5 nitrogen and oxygen atoms in total. The average Bonchev–Trinajstić information content (AvgIpc) is 2.77. The van der Waals surface area contributed by atoms with Crippen LogP contribution < -0.4 is 5.01 Å². The monoisotopic (exact) mass is 218 g/mol. The Morgan fingerprint density at radius 1 is 1.44 bits per heavy atom. The molecular weight excluding hydrogens is 204 g/mol. The maximum atomic E-state index is 11.3. The van der Waals surface area contributed by atoms with E-state index in [1.54, 1.807) is 23.9 Å². The predicted molar refractivity (Wildman–Crippen MR) is 60.9 cm³/mol. The number of hydrogen-bond donors (Lipinski definition) is 0. The van der Waals surface area contributed by atoms with Gasteiger partial charge in [0, 0.05) is 14.0 Å². The van der Waals surface area contributed by atoms with E-state index < -0.39 is 0 Å². The van der Waals surface area contributed by atoms with Crippen molar-refractivity contribution >= 4 is 11.6 Å². The Bertz CT molecular complexity index is 404. The molecule has 1 unspecified atom stereocenters. The molecule has 2 rings (SSSR count). The summed E-state index contributed by atoms with van der Waals surface area (Å²) < 4.78 is 0. The number of para-hydroxylation sites is 1. The molecule has 1 aromatic carbocycles. The molecule has 0 bridgehead atoms. The van der Waals surface area contributed by atoms with Crippen LogP contribution in [0.1, 0.15) is 6.92 Å². The number of benzene rings is 1. The third-order valence-electron chi connectivity index (χ3n) is 2.65. The van der Waals surface area contributed by atoms with Gasteiger partial charge in [0.05, 0.1) is 5.69 Å². The van der Waals surface area contributed by atoms with Crippen molar-refractivity contribution in [2.24, 2.45) is 10.3 Å². The maximum absolute atomic E-state index is 11.3. The first kappa shape index (κ1) is 10.6. The molecule has 0 saturated carbocycles. The lowest BCUT2D eigenvalue weighted by Crippen LogP contribution is -2.45. The van der Waals surface area contributed by atoms with Crippen molar-refractivity contribution in [1.82, 2.24) is 4.90 Å². The topological polar surface area (TPSA) is 48.3 Å². The largest absolute Gasteiger partial charge is 0.322 e. The summed E-state index contributed by atoms with van der Waals surface area (Å²) in [7, 11) is 1.76. The van der Waals surface area contributed by atoms with Gasteiger partial charge in [-0.2, -0.15) is 5.11 Å². The van der Waals surface area contributed by atoms with E-state index in [1.807, 2.05) is 30.3 Å². The van der Waals surface area contributed by atoms with Gasteiger partial charge in [0.15, 0.2) is 0 Å². The minimum Gasteiger partial charge on any atom is -0.322 e. The molecule has 0 aromatic heterocycles. The highest BCUT2D eigenvalue weighted by Gasteiger charge is 2.28. The smallest absolute Gasteiger partial charge is 0.220 e. The SMILES string of the molecule is CC(=O)N(C)C1CN=NN1c1ccccc1. The summed E-state index contributed by atoms with van der Waals surface area (Å²) in [6.07, 6.45) is -0.111. The molecule has 1 amide bonds. The summed E-state index contributed by atoms with van der Waals surface area (Å²) in [5, 5.41) is 9.80. The second-order valence-electron chi connectivity index (χ2n) is 3.70. The van der Waals surface area contributed by atoms with Crippen LogP contribution in [0.3, 0.4) is 0 Å². The standard InChI is InChI=1S/C11H14N4O/c1-9(16)14(2)11-8-12-13-15(11)10-6-4-3-5-7-10/h3-7,11H,8H2,1-2H3. The molecule has 1 aliphatic rings. The van der Waals surface area contributed by atoms with E-state index in [1.165, 1.54) is 0 Å². The molecule has 0 spiro atoms. The lowest BCUT2D eigenvalue weighted by molar-refractivity contribution is -0.129. The fourth-order valence-electron chi connectivity index (χ4n) is 1.62. The molecule has 16 heavy (non-hydrogen) atoms. The molecule has 0 saturated heterocycles. The van der Waals surface area contributed by atoms with Crippen LogP contribution >= 0.6 is 0 Å². The fraction of sp³-hybridized carbons (Fsp3) is 0.364. The zero-order valence-corrected chi connectivity index (χ0v) is 9.37. The highest BCUT2D eigenvalue weighted by atomic mass is 16.2. The van der Waals surface area contributed by atoms with Crippen LogP contribution in [0.4, 0.5) is 5.69 Å². The number of likely N-dealkylation sites (N-methyl/N-ethyl adjacent to an activating group) is 1. The van der Waals surface area contributed by atoms with Gasteiger partial charge in [0.25, 0.3) is 0 Å². The van der Waals surface area contributed by atoms with E-state index in [0.29, 0.717) is 6.54 Å². The Morgan fingerprint density at radius 2 is 2.12 bits per heavy atom. The van der Waals surface area contributed by atoms with Gasteiger partial charge in [-0.3, -0.25) is 4.79 Å². The van der Waals surface area contributed by atoms with Crippen LogP contribution in [-0.2, 0) is 4.79 Å². The van der Waals surface area contributed by atoms with Crippen LogP contribution in [0.2, 0.25) is 0 Å². The van der Waals surface area contributed by atoms with E-state index in [0.717, 1.165) is 5.69 Å². The number of carbonyl (C=O) groups excluding carboxylic acids is 1. The maximum Gasteiger partial charge on any atom is 0.220 e. The first-order chi connectivity index (χ1) is 7.70. The Hall–Kier alpha value is -1.91. The molecule has 1 heterocycles. The second kappa shape index (κ2) is 4.30. The Kier molecular flexibility index (Phi) is 2.85. The Morgan fingerprint density at radius 3 is 2.75 bits per heavy atom. The molecule has 0 N–H and O–H groups in total. The van der Waals surface area contributed by atoms with Crippen molar-refractivity contribution < 1.29 is 4.79 Å². The molecular formula is C11H14N4O. The van der Waals surface area contributed by atoms with Crippen molar-refractivity contribution in [3.63, 3.8) is 0 Å². The fourth-order valence-corrected chi connectivity index (χ4v) is 1.62. The minimum absolute atomic E-state index is 0.0123. The van der Waals surface area contributed by atoms with Crippen LogP contribution in [0.5, 0.6) is 0 Å². The van der Waals surface area contributed by atoms with Crippen molar-refractivity contribution in [3.8, 4) is 0 Å². The summed E-state index contributed by atoms with van der Waals surface area (Å²) in [6.45, 7) is 2.06. The van der Waals surface area contributed by atoms with Crippen LogP contribution in [0.25, 0.3) is 0 Å². The summed E-state index contributed by atoms with van der Waals surface area (Å²) in [5.74, 6) is 0.0123.